The van der Waals surface area contributed by atoms with Crippen LogP contribution in [0.1, 0.15) is 18.4 Å². The number of alkyl halides is 3. The summed E-state index contributed by atoms with van der Waals surface area (Å²) in [4.78, 5) is -0.802. The van der Waals surface area contributed by atoms with Gasteiger partial charge in [0.1, 0.15) is 0 Å². The van der Waals surface area contributed by atoms with E-state index >= 15 is 0 Å². The summed E-state index contributed by atoms with van der Waals surface area (Å²) in [5.41, 5.74) is -0.358. The monoisotopic (exact) mass is 373 g/mol. The minimum absolute atomic E-state index is 0.0410. The molecule has 8 heteroatoms. The van der Waals surface area contributed by atoms with Crippen molar-refractivity contribution in [1.29, 1.82) is 0 Å². The van der Waals surface area contributed by atoms with Gasteiger partial charge in [0.2, 0.25) is 10.0 Å². The van der Waals surface area contributed by atoms with E-state index in [1.165, 1.54) is 6.07 Å². The van der Waals surface area contributed by atoms with Gasteiger partial charge >= 0.3 is 6.18 Å². The lowest BCUT2D eigenvalue weighted by Gasteiger charge is -2.15. The van der Waals surface area contributed by atoms with E-state index in [4.69, 9.17) is 5.11 Å². The van der Waals surface area contributed by atoms with Crippen LogP contribution < -0.4 is 4.72 Å². The summed E-state index contributed by atoms with van der Waals surface area (Å²) in [6, 6.07) is 11.6. The molecule has 0 aliphatic carbocycles. The second-order valence-electron chi connectivity index (χ2n) is 5.40. The summed E-state index contributed by atoms with van der Waals surface area (Å²) in [5, 5.41) is 8.68. The molecule has 4 nitrogen and oxygen atoms in total. The highest BCUT2D eigenvalue weighted by Gasteiger charge is 2.37. The summed E-state index contributed by atoms with van der Waals surface area (Å²) in [6.07, 6.45) is -4.11. The first kappa shape index (κ1) is 19.4. The molecule has 2 rings (SSSR count). The van der Waals surface area contributed by atoms with E-state index in [2.05, 4.69) is 4.72 Å². The molecule has 0 unspecified atom stereocenters. The van der Waals surface area contributed by atoms with Gasteiger partial charge in [-0.1, -0.05) is 36.4 Å². The van der Waals surface area contributed by atoms with Gasteiger partial charge in [-0.3, -0.25) is 0 Å². The van der Waals surface area contributed by atoms with Crippen molar-refractivity contribution >= 4 is 10.0 Å². The third-order valence-corrected chi connectivity index (χ3v) is 5.08. The second kappa shape index (κ2) is 7.99. The van der Waals surface area contributed by atoms with Crippen LogP contribution in [-0.2, 0) is 16.2 Å². The highest BCUT2D eigenvalue weighted by atomic mass is 32.2. The maximum atomic E-state index is 13.4. The van der Waals surface area contributed by atoms with Crippen LogP contribution in [-0.4, -0.2) is 26.7 Å². The molecule has 0 heterocycles. The smallest absolute Gasteiger partial charge is 0.396 e. The van der Waals surface area contributed by atoms with Gasteiger partial charge in [0.05, 0.1) is 10.5 Å². The fourth-order valence-electron chi connectivity index (χ4n) is 2.32. The van der Waals surface area contributed by atoms with Crippen LogP contribution in [0, 0.1) is 0 Å². The van der Waals surface area contributed by atoms with Gasteiger partial charge < -0.3 is 5.11 Å². The van der Waals surface area contributed by atoms with E-state index in [-0.39, 0.29) is 18.7 Å². The van der Waals surface area contributed by atoms with E-state index in [1.807, 2.05) is 0 Å². The zero-order chi connectivity index (χ0) is 18.5. The molecule has 2 N–H and O–H groups in total. The fraction of sp³-hybridized carbons (Fsp3) is 0.294. The second-order valence-corrected chi connectivity index (χ2v) is 7.14. The summed E-state index contributed by atoms with van der Waals surface area (Å²) < 4.78 is 66.8. The number of nitrogens with one attached hydrogen (secondary N) is 1. The predicted molar refractivity (Wildman–Crippen MR) is 88.4 cm³/mol. The number of aliphatic hydroxyl groups is 1. The molecule has 0 saturated carbocycles. The molecule has 0 radical (unpaired) electrons. The van der Waals surface area contributed by atoms with Crippen molar-refractivity contribution in [3.63, 3.8) is 0 Å². The lowest BCUT2D eigenvalue weighted by Crippen LogP contribution is -2.27. The molecule has 0 aromatic heterocycles. The van der Waals surface area contributed by atoms with Gasteiger partial charge in [0, 0.05) is 13.2 Å². The quantitative estimate of drug-likeness (QED) is 0.731. The molecule has 136 valence electrons. The Balaban J connectivity index is 2.41. The third kappa shape index (κ3) is 5.04. The lowest BCUT2D eigenvalue weighted by molar-refractivity contribution is -0.139. The number of halogens is 3. The number of hydrogen-bond donors (Lipinski definition) is 2. The minimum atomic E-state index is -4.81. The van der Waals surface area contributed by atoms with Crippen molar-refractivity contribution in [2.75, 3.05) is 13.2 Å². The van der Waals surface area contributed by atoms with E-state index < -0.39 is 26.7 Å². The zero-order valence-electron chi connectivity index (χ0n) is 13.3. The van der Waals surface area contributed by atoms with Gasteiger partial charge in [-0.25, -0.2) is 13.1 Å². The molecule has 0 fully saturated rings. The summed E-state index contributed by atoms with van der Waals surface area (Å²) in [7, 11) is -4.31. The molecule has 0 bridgehead atoms. The van der Waals surface area contributed by atoms with Crippen molar-refractivity contribution in [3.8, 4) is 11.1 Å². The SMILES string of the molecule is O=S(=O)(NCCCCO)c1ccc(-c2ccccc2)cc1C(F)(F)F. The van der Waals surface area contributed by atoms with Gasteiger partial charge in [-0.05, 0) is 36.1 Å². The number of aliphatic hydroxyl groups excluding tert-OH is 1. The molecule has 25 heavy (non-hydrogen) atoms. The molecular formula is C17H18F3NO3S. The van der Waals surface area contributed by atoms with Crippen molar-refractivity contribution in [2.45, 2.75) is 23.9 Å². The number of sulfonamides is 1. The maximum Gasteiger partial charge on any atom is 0.417 e. The highest BCUT2D eigenvalue weighted by molar-refractivity contribution is 7.89. The Hall–Kier alpha value is -1.90. The molecule has 0 atom stereocenters. The fourth-order valence-corrected chi connectivity index (χ4v) is 3.60. The van der Waals surface area contributed by atoms with Crippen LogP contribution in [0.25, 0.3) is 11.1 Å². The molecule has 0 spiro atoms. The average molecular weight is 373 g/mol. The van der Waals surface area contributed by atoms with E-state index in [0.29, 0.717) is 18.4 Å². The van der Waals surface area contributed by atoms with Crippen LogP contribution in [0.15, 0.2) is 53.4 Å². The normalized spacial score (nSPS) is 12.3. The van der Waals surface area contributed by atoms with Crippen LogP contribution in [0.5, 0.6) is 0 Å². The van der Waals surface area contributed by atoms with Gasteiger partial charge in [0.15, 0.2) is 0 Å². The number of unbranched alkanes of at least 4 members (excludes halogenated alkanes) is 1. The predicted octanol–water partition coefficient (Wildman–Crippen LogP) is 3.42. The molecule has 0 saturated heterocycles. The Labute approximate surface area is 144 Å². The van der Waals surface area contributed by atoms with E-state index in [9.17, 15) is 21.6 Å². The van der Waals surface area contributed by atoms with E-state index in [1.54, 1.807) is 30.3 Å². The first-order chi connectivity index (χ1) is 11.8. The van der Waals surface area contributed by atoms with Crippen LogP contribution in [0.4, 0.5) is 13.2 Å². The molecule has 0 amide bonds. The van der Waals surface area contributed by atoms with Gasteiger partial charge in [-0.15, -0.1) is 0 Å². The number of benzene rings is 2. The minimum Gasteiger partial charge on any atom is -0.396 e. The standard InChI is InChI=1S/C17H18F3NO3S/c18-17(19,20)15-12-14(13-6-2-1-3-7-13)8-9-16(15)25(23,24)21-10-4-5-11-22/h1-3,6-9,12,21-22H,4-5,10-11H2. The van der Waals surface area contributed by atoms with Crippen molar-refractivity contribution in [1.82, 2.24) is 4.72 Å². The third-order valence-electron chi connectivity index (χ3n) is 3.56. The number of rotatable bonds is 7. The van der Waals surface area contributed by atoms with Crippen molar-refractivity contribution in [2.24, 2.45) is 0 Å². The van der Waals surface area contributed by atoms with Crippen LogP contribution >= 0.6 is 0 Å². The zero-order valence-corrected chi connectivity index (χ0v) is 14.1. The average Bonchev–Trinajstić information content (AvgIpc) is 2.58. The summed E-state index contributed by atoms with van der Waals surface area (Å²) >= 11 is 0. The van der Waals surface area contributed by atoms with Crippen LogP contribution in [0.2, 0.25) is 0 Å². The van der Waals surface area contributed by atoms with Crippen molar-refractivity contribution < 1.29 is 26.7 Å². The maximum absolute atomic E-state index is 13.4. The molecule has 0 aliphatic rings. The largest absolute Gasteiger partial charge is 0.417 e. The molecular weight excluding hydrogens is 355 g/mol. The lowest BCUT2D eigenvalue weighted by atomic mass is 10.0. The van der Waals surface area contributed by atoms with E-state index in [0.717, 1.165) is 12.1 Å². The molecule has 2 aromatic rings. The summed E-state index contributed by atoms with van der Waals surface area (Å²) in [6.45, 7) is -0.151. The Morgan fingerprint density at radius 2 is 1.64 bits per heavy atom. The van der Waals surface area contributed by atoms with Gasteiger partial charge in [-0.2, -0.15) is 13.2 Å². The Kier molecular flexibility index (Phi) is 6.21. The number of hydrogen-bond acceptors (Lipinski definition) is 3. The molecule has 0 aliphatic heterocycles. The van der Waals surface area contributed by atoms with Gasteiger partial charge in [0.25, 0.3) is 0 Å². The molecule has 2 aromatic carbocycles. The highest BCUT2D eigenvalue weighted by Crippen LogP contribution is 2.36. The Morgan fingerprint density at radius 3 is 2.24 bits per heavy atom. The first-order valence-electron chi connectivity index (χ1n) is 7.63. The Morgan fingerprint density at radius 1 is 0.960 bits per heavy atom. The topological polar surface area (TPSA) is 66.4 Å². The van der Waals surface area contributed by atoms with Crippen LogP contribution in [0.3, 0.4) is 0 Å². The first-order valence-corrected chi connectivity index (χ1v) is 9.11. The van der Waals surface area contributed by atoms with Crippen molar-refractivity contribution in [3.05, 3.63) is 54.1 Å². The summed E-state index contributed by atoms with van der Waals surface area (Å²) in [5.74, 6) is 0. The Bertz CT molecular complexity index is 806.